The number of carbonyl (C=O) groups is 7. The van der Waals surface area contributed by atoms with E-state index in [-0.39, 0.29) is 94.2 Å². The van der Waals surface area contributed by atoms with Gasteiger partial charge < -0.3 is 64.2 Å². The van der Waals surface area contributed by atoms with Crippen LogP contribution in [0.3, 0.4) is 0 Å². The fourth-order valence-corrected chi connectivity index (χ4v) is 4.81. The Labute approximate surface area is 357 Å². The molecule has 2 rings (SSSR count). The number of aliphatic hydroxyl groups excluding tert-OH is 1. The highest BCUT2D eigenvalue weighted by Crippen LogP contribution is 2.30. The van der Waals surface area contributed by atoms with Gasteiger partial charge in [0.05, 0.1) is 64.6 Å². The molecule has 1 heterocycles. The second-order valence-electron chi connectivity index (χ2n) is 12.4. The number of likely N-dealkylation sites (N-methyl/N-ethyl adjacent to an activating group) is 1. The number of nitrogens with zero attached hydrogens (tertiary/aromatic N) is 1. The van der Waals surface area contributed by atoms with Crippen molar-refractivity contribution in [3.8, 4) is 5.75 Å². The molecule has 4 amide bonds. The van der Waals surface area contributed by atoms with Gasteiger partial charge in [-0.1, -0.05) is 33.8 Å². The van der Waals surface area contributed by atoms with Gasteiger partial charge in [-0.05, 0) is 23.8 Å². The lowest BCUT2D eigenvalue weighted by Gasteiger charge is -2.31. The summed E-state index contributed by atoms with van der Waals surface area (Å²) in [6.07, 6.45) is -0.586. The number of aliphatic hydroxyl groups is 1. The number of ether oxygens (including phenoxy) is 7. The van der Waals surface area contributed by atoms with Gasteiger partial charge in [-0.3, -0.25) is 28.8 Å². The van der Waals surface area contributed by atoms with E-state index in [1.807, 2.05) is 27.7 Å². The number of esters is 1. The van der Waals surface area contributed by atoms with Crippen molar-refractivity contribution in [3.05, 3.63) is 35.9 Å². The van der Waals surface area contributed by atoms with Crippen LogP contribution in [0, 0.1) is 0 Å². The summed E-state index contributed by atoms with van der Waals surface area (Å²) in [6, 6.07) is 4.62. The number of carboxylic acid groups (broad SMARTS) is 1. The van der Waals surface area contributed by atoms with E-state index in [1.54, 1.807) is 6.07 Å². The molecule has 0 aromatic heterocycles. The first-order chi connectivity index (χ1) is 29.4. The Bertz CT molecular complexity index is 1480. The molecule has 0 spiro atoms. The average Bonchev–Trinajstić information content (AvgIpc) is 3.24. The van der Waals surface area contributed by atoms with Crippen LogP contribution in [0.1, 0.15) is 72.3 Å². The number of hydrogen-bond donors (Lipinski definition) is 5. The molecule has 1 aromatic rings. The number of nitrogens with one attached hydrogen (secondary N) is 3. The molecular formula is C41H66N4O16. The molecule has 3 unspecified atom stereocenters. The molecule has 0 bridgehead atoms. The Morgan fingerprint density at radius 2 is 1.39 bits per heavy atom. The molecule has 1 aliphatic heterocycles. The topological polar surface area (TPSA) is 264 Å². The summed E-state index contributed by atoms with van der Waals surface area (Å²) in [5.41, 5.74) is 0.728. The second kappa shape index (κ2) is 35.7. The highest BCUT2D eigenvalue weighted by atomic mass is 16.7. The van der Waals surface area contributed by atoms with Crippen molar-refractivity contribution in [2.45, 2.75) is 91.8 Å². The highest BCUT2D eigenvalue weighted by Gasteiger charge is 2.34. The van der Waals surface area contributed by atoms with E-state index in [9.17, 15) is 43.8 Å². The van der Waals surface area contributed by atoms with Crippen LogP contribution in [0.2, 0.25) is 0 Å². The lowest BCUT2D eigenvalue weighted by molar-refractivity contribution is -0.195. The normalized spacial score (nSPS) is 15.5. The zero-order chi connectivity index (χ0) is 45.8. The maximum Gasteiger partial charge on any atom is 0.333 e. The van der Waals surface area contributed by atoms with E-state index >= 15 is 0 Å². The van der Waals surface area contributed by atoms with Gasteiger partial charge in [0.2, 0.25) is 29.9 Å². The molecular weight excluding hydrogens is 804 g/mol. The third-order valence-corrected chi connectivity index (χ3v) is 7.76. The summed E-state index contributed by atoms with van der Waals surface area (Å²) in [4.78, 5) is 82.8. The van der Waals surface area contributed by atoms with Crippen LogP contribution in [0.25, 0.3) is 0 Å². The van der Waals surface area contributed by atoms with E-state index in [4.69, 9.17) is 33.2 Å². The molecule has 0 aliphatic carbocycles. The van der Waals surface area contributed by atoms with Gasteiger partial charge in [-0.2, -0.15) is 0 Å². The quantitative estimate of drug-likeness (QED) is 0.0332. The smallest absolute Gasteiger partial charge is 0.333 e. The van der Waals surface area contributed by atoms with Gasteiger partial charge in [-0.25, -0.2) is 4.79 Å². The molecule has 20 heteroatoms. The molecule has 0 saturated carbocycles. The number of rotatable bonds is 29. The van der Waals surface area contributed by atoms with Crippen LogP contribution in [0.15, 0.2) is 30.4 Å². The summed E-state index contributed by atoms with van der Waals surface area (Å²) >= 11 is 0. The lowest BCUT2D eigenvalue weighted by atomic mass is 10.1. The first-order valence-corrected chi connectivity index (χ1v) is 20.4. The molecule has 1 fully saturated rings. The van der Waals surface area contributed by atoms with E-state index in [2.05, 4.69) is 16.0 Å². The number of amides is 4. The van der Waals surface area contributed by atoms with Crippen molar-refractivity contribution < 1.29 is 76.9 Å². The van der Waals surface area contributed by atoms with Gasteiger partial charge in [0.25, 0.3) is 0 Å². The third kappa shape index (κ3) is 28.2. The molecule has 1 saturated heterocycles. The fourth-order valence-electron chi connectivity index (χ4n) is 4.81. The van der Waals surface area contributed by atoms with Crippen molar-refractivity contribution in [2.24, 2.45) is 0 Å². The zero-order valence-corrected chi connectivity index (χ0v) is 36.3. The van der Waals surface area contributed by atoms with E-state index in [1.165, 1.54) is 31.0 Å². The van der Waals surface area contributed by atoms with Crippen molar-refractivity contribution >= 4 is 47.5 Å². The first kappa shape index (κ1) is 56.0. The molecule has 5 N–H and O–H groups in total. The number of carboxylic acids is 1. The number of benzene rings is 1. The minimum absolute atomic E-state index is 0.00685. The molecule has 20 nitrogen and oxygen atoms in total. The van der Waals surface area contributed by atoms with E-state index in [0.29, 0.717) is 58.0 Å². The predicted molar refractivity (Wildman–Crippen MR) is 221 cm³/mol. The molecule has 346 valence electrons. The number of aliphatic carboxylic acids is 1. The van der Waals surface area contributed by atoms with Crippen LogP contribution in [0.4, 0.5) is 5.69 Å². The third-order valence-electron chi connectivity index (χ3n) is 7.76. The monoisotopic (exact) mass is 870 g/mol. The van der Waals surface area contributed by atoms with Crippen molar-refractivity contribution in [3.63, 3.8) is 0 Å². The van der Waals surface area contributed by atoms with Crippen LogP contribution < -0.4 is 20.7 Å². The summed E-state index contributed by atoms with van der Waals surface area (Å²) in [5, 5.41) is 27.4. The average molecular weight is 871 g/mol. The Morgan fingerprint density at radius 3 is 2.00 bits per heavy atom. The Kier molecular flexibility index (Phi) is 32.8. The van der Waals surface area contributed by atoms with E-state index < -0.39 is 36.3 Å². The van der Waals surface area contributed by atoms with Crippen LogP contribution in [-0.2, 0) is 68.6 Å². The van der Waals surface area contributed by atoms with Crippen molar-refractivity contribution in [1.29, 1.82) is 0 Å². The highest BCUT2D eigenvalue weighted by molar-refractivity contribution is 5.93. The summed E-state index contributed by atoms with van der Waals surface area (Å²) in [7, 11) is 1.54. The number of carbonyl (C=O) groups excluding carboxylic acids is 6. The maximum absolute atomic E-state index is 12.8. The summed E-state index contributed by atoms with van der Waals surface area (Å²) in [5.74, 6) is -2.99. The van der Waals surface area contributed by atoms with Gasteiger partial charge in [0, 0.05) is 71.8 Å². The molecule has 61 heavy (non-hydrogen) atoms. The largest absolute Gasteiger partial charge is 0.479 e. The number of allylic oxidation sites excluding steroid dienone is 1. The maximum atomic E-state index is 12.8. The van der Waals surface area contributed by atoms with E-state index in [0.717, 1.165) is 12.2 Å². The Morgan fingerprint density at radius 1 is 0.803 bits per heavy atom. The molecule has 0 radical (unpaired) electrons. The fraction of sp³-hybridized carbons (Fsp3) is 0.634. The summed E-state index contributed by atoms with van der Waals surface area (Å²) in [6.45, 7) is 12.1. The number of aldehydes is 1. The van der Waals surface area contributed by atoms with Gasteiger partial charge in [-0.15, -0.1) is 0 Å². The van der Waals surface area contributed by atoms with Crippen LogP contribution in [-0.4, -0.2) is 155 Å². The van der Waals surface area contributed by atoms with Gasteiger partial charge in [0.1, 0.15) is 18.6 Å². The number of hydrogen-bond acceptors (Lipinski definition) is 15. The van der Waals surface area contributed by atoms with Crippen LogP contribution in [0.5, 0.6) is 5.75 Å². The Balaban J connectivity index is 0.00000872. The van der Waals surface area contributed by atoms with Gasteiger partial charge in [0.15, 0.2) is 6.10 Å². The lowest BCUT2D eigenvalue weighted by Crippen LogP contribution is -2.42. The molecule has 3 atom stereocenters. The Hall–Kier alpha value is -4.99. The standard InChI is InChI=1S/C37H54N4O16.2C2H6/c1-26(43)55-25-27-5-6-30(56-36-24-28(44)23-31(57-36)37(49)50)29(22-27)40-34(47)7-10-38-33(46)9-14-51-16-18-53-20-21-54-19-17-52-15-11-39-32(45)8-12-41(2)35(48)4-3-13-42;2*1-2/h3-6,13,22,28,31,36,44H,7-12,14-21,23-25H2,1-2H3,(H,38,46)(H,39,45)(H,40,47)(H,49,50);2*1-2H3/b4-3-;;. The zero-order valence-electron chi connectivity index (χ0n) is 36.3. The number of anilines is 1. The van der Waals surface area contributed by atoms with Crippen molar-refractivity contribution in [2.75, 3.05) is 84.9 Å². The summed E-state index contributed by atoms with van der Waals surface area (Å²) < 4.78 is 37.9. The van der Waals surface area contributed by atoms with Gasteiger partial charge >= 0.3 is 11.9 Å². The SMILES string of the molecule is CC.CC.CC(=O)OCc1ccc(OC2CC(O)CC(C(=O)O)O2)c(NC(=O)CCNC(=O)CCOCCOCCOCCOCCNC(=O)CCN(C)C(=O)/C=C\C=O)c1. The van der Waals surface area contributed by atoms with Crippen molar-refractivity contribution in [1.82, 2.24) is 15.5 Å². The van der Waals surface area contributed by atoms with Crippen LogP contribution >= 0.6 is 0 Å². The molecule has 1 aromatic carbocycles. The first-order valence-electron chi connectivity index (χ1n) is 20.4. The minimum Gasteiger partial charge on any atom is -0.479 e. The minimum atomic E-state index is -1.26. The molecule has 1 aliphatic rings. The predicted octanol–water partition coefficient (Wildman–Crippen LogP) is 1.75. The second-order valence-corrected chi connectivity index (χ2v) is 12.4.